The number of rotatable bonds is 4. The number of hydrazine groups is 1. The first-order valence-corrected chi connectivity index (χ1v) is 5.28. The highest BCUT2D eigenvalue weighted by atomic mass is 15.3. The average Bonchev–Trinajstić information content (AvgIpc) is 2.61. The van der Waals surface area contributed by atoms with Crippen molar-refractivity contribution in [3.05, 3.63) is 17.5 Å². The van der Waals surface area contributed by atoms with Crippen LogP contribution >= 0.6 is 0 Å². The predicted octanol–water partition coefficient (Wildman–Crippen LogP) is 0.831. The first-order chi connectivity index (χ1) is 7.22. The molecule has 0 spiro atoms. The number of amidine groups is 1. The van der Waals surface area contributed by atoms with Crippen molar-refractivity contribution in [2.45, 2.75) is 33.7 Å². The van der Waals surface area contributed by atoms with Crippen molar-refractivity contribution in [3.8, 4) is 0 Å². The van der Waals surface area contributed by atoms with Crippen LogP contribution in [0.2, 0.25) is 0 Å². The van der Waals surface area contributed by atoms with E-state index in [9.17, 15) is 0 Å². The molecule has 15 heavy (non-hydrogen) atoms. The molecule has 0 unspecified atom stereocenters. The van der Waals surface area contributed by atoms with Crippen molar-refractivity contribution >= 4 is 5.84 Å². The zero-order valence-corrected chi connectivity index (χ0v) is 9.62. The molecule has 0 bridgehead atoms. The normalized spacial score (nSPS) is 11.9. The number of hydrogen-bond donors (Lipinski definition) is 2. The summed E-state index contributed by atoms with van der Waals surface area (Å²) in [4.78, 5) is 4.37. The van der Waals surface area contributed by atoms with Crippen LogP contribution in [-0.2, 0) is 6.54 Å². The molecule has 0 atom stereocenters. The smallest absolute Gasteiger partial charge is 0.161 e. The number of aryl methyl sites for hydroxylation is 2. The lowest BCUT2D eigenvalue weighted by Crippen LogP contribution is -2.33. The highest BCUT2D eigenvalue weighted by molar-refractivity contribution is 5.97. The summed E-state index contributed by atoms with van der Waals surface area (Å²) in [5.41, 5.74) is 4.56. The minimum Gasteiger partial charge on any atom is -0.307 e. The molecular formula is C10H19N5. The molecule has 0 aliphatic rings. The molecule has 0 radical (unpaired) electrons. The topological polar surface area (TPSA) is 68.2 Å². The van der Waals surface area contributed by atoms with Crippen LogP contribution < -0.4 is 11.3 Å². The number of hydrogen-bond acceptors (Lipinski definition) is 3. The quantitative estimate of drug-likeness (QED) is 0.334. The third-order valence-electron chi connectivity index (χ3n) is 2.07. The Balaban J connectivity index is 3.00. The molecule has 0 aliphatic carbocycles. The fraction of sp³-hybridized carbons (Fsp3) is 0.600. The van der Waals surface area contributed by atoms with Gasteiger partial charge in [0.1, 0.15) is 5.69 Å². The summed E-state index contributed by atoms with van der Waals surface area (Å²) in [7, 11) is 0. The number of nitrogens with two attached hydrogens (primary N) is 1. The van der Waals surface area contributed by atoms with Gasteiger partial charge in [-0.15, -0.1) is 0 Å². The Kier molecular flexibility index (Phi) is 4.30. The molecule has 0 saturated carbocycles. The Morgan fingerprint density at radius 1 is 1.60 bits per heavy atom. The molecule has 0 aliphatic heterocycles. The summed E-state index contributed by atoms with van der Waals surface area (Å²) in [6.45, 7) is 7.68. The van der Waals surface area contributed by atoms with Crippen molar-refractivity contribution in [1.82, 2.24) is 15.2 Å². The summed E-state index contributed by atoms with van der Waals surface area (Å²) >= 11 is 0. The molecule has 5 heteroatoms. The van der Waals surface area contributed by atoms with E-state index in [0.717, 1.165) is 30.9 Å². The van der Waals surface area contributed by atoms with Crippen LogP contribution in [0.3, 0.4) is 0 Å². The Morgan fingerprint density at radius 3 is 2.87 bits per heavy atom. The summed E-state index contributed by atoms with van der Waals surface area (Å²) in [6.07, 6.45) is 1.00. The van der Waals surface area contributed by atoms with E-state index in [1.807, 2.05) is 24.6 Å². The average molecular weight is 209 g/mol. The Hall–Kier alpha value is -1.36. The molecule has 84 valence electrons. The summed E-state index contributed by atoms with van der Waals surface area (Å²) in [5.74, 6) is 6.16. The van der Waals surface area contributed by atoms with Gasteiger partial charge in [0, 0.05) is 13.1 Å². The molecule has 0 saturated heterocycles. The molecule has 1 aromatic rings. The highest BCUT2D eigenvalue weighted by Gasteiger charge is 2.09. The summed E-state index contributed by atoms with van der Waals surface area (Å²) < 4.78 is 1.89. The van der Waals surface area contributed by atoms with Gasteiger partial charge in [0.2, 0.25) is 0 Å². The largest absolute Gasteiger partial charge is 0.307 e. The van der Waals surface area contributed by atoms with E-state index >= 15 is 0 Å². The Labute approximate surface area is 90.3 Å². The van der Waals surface area contributed by atoms with E-state index in [2.05, 4.69) is 22.4 Å². The van der Waals surface area contributed by atoms with Crippen molar-refractivity contribution in [2.75, 3.05) is 6.54 Å². The maximum atomic E-state index is 5.46. The summed E-state index contributed by atoms with van der Waals surface area (Å²) in [6, 6.07) is 1.98. The van der Waals surface area contributed by atoms with Crippen LogP contribution in [0.5, 0.6) is 0 Å². The van der Waals surface area contributed by atoms with E-state index in [4.69, 9.17) is 5.84 Å². The van der Waals surface area contributed by atoms with Crippen LogP contribution in [0.25, 0.3) is 0 Å². The van der Waals surface area contributed by atoms with Crippen molar-refractivity contribution in [3.63, 3.8) is 0 Å². The van der Waals surface area contributed by atoms with Crippen LogP contribution in [0.15, 0.2) is 11.1 Å². The van der Waals surface area contributed by atoms with Gasteiger partial charge in [0.05, 0.1) is 5.69 Å². The predicted molar refractivity (Wildman–Crippen MR) is 61.7 cm³/mol. The number of aliphatic imine (C=N–C) groups is 1. The van der Waals surface area contributed by atoms with Gasteiger partial charge in [-0.25, -0.2) is 5.84 Å². The van der Waals surface area contributed by atoms with Crippen LogP contribution in [-0.4, -0.2) is 22.2 Å². The minimum absolute atomic E-state index is 0.708. The van der Waals surface area contributed by atoms with E-state index in [1.54, 1.807) is 0 Å². The lowest BCUT2D eigenvalue weighted by atomic mass is 10.3. The maximum absolute atomic E-state index is 5.46. The van der Waals surface area contributed by atoms with E-state index in [0.29, 0.717) is 5.84 Å². The van der Waals surface area contributed by atoms with Crippen molar-refractivity contribution < 1.29 is 0 Å². The van der Waals surface area contributed by atoms with Crippen LogP contribution in [0.4, 0.5) is 0 Å². The van der Waals surface area contributed by atoms with Gasteiger partial charge in [-0.2, -0.15) is 5.10 Å². The SMILES string of the molecule is CCCN=C(NN)c1cc(C)nn1CC. The number of aromatic nitrogens is 2. The monoisotopic (exact) mass is 209 g/mol. The summed E-state index contributed by atoms with van der Waals surface area (Å²) in [5, 5.41) is 4.35. The lowest BCUT2D eigenvalue weighted by Gasteiger charge is -2.07. The third kappa shape index (κ3) is 2.79. The lowest BCUT2D eigenvalue weighted by molar-refractivity contribution is 0.644. The van der Waals surface area contributed by atoms with E-state index < -0.39 is 0 Å². The third-order valence-corrected chi connectivity index (χ3v) is 2.07. The molecule has 1 aromatic heterocycles. The zero-order chi connectivity index (χ0) is 11.3. The van der Waals surface area contributed by atoms with Crippen molar-refractivity contribution in [1.29, 1.82) is 0 Å². The van der Waals surface area contributed by atoms with Gasteiger partial charge in [-0.3, -0.25) is 9.67 Å². The fourth-order valence-corrected chi connectivity index (χ4v) is 1.40. The van der Waals surface area contributed by atoms with E-state index in [-0.39, 0.29) is 0 Å². The van der Waals surface area contributed by atoms with Gasteiger partial charge < -0.3 is 5.43 Å². The minimum atomic E-state index is 0.708. The molecular weight excluding hydrogens is 190 g/mol. The second-order valence-electron chi connectivity index (χ2n) is 3.36. The zero-order valence-electron chi connectivity index (χ0n) is 9.62. The number of nitrogens with one attached hydrogen (secondary N) is 1. The van der Waals surface area contributed by atoms with Gasteiger partial charge in [0.25, 0.3) is 0 Å². The maximum Gasteiger partial charge on any atom is 0.161 e. The molecule has 5 nitrogen and oxygen atoms in total. The van der Waals surface area contributed by atoms with Crippen LogP contribution in [0, 0.1) is 6.92 Å². The fourth-order valence-electron chi connectivity index (χ4n) is 1.40. The molecule has 0 aromatic carbocycles. The molecule has 1 heterocycles. The standard InChI is InChI=1S/C10H19N5/c1-4-6-12-10(13-11)9-7-8(3)14-15(9)5-2/h7H,4-6,11H2,1-3H3,(H,12,13). The molecule has 0 amide bonds. The Bertz CT molecular complexity index is 340. The van der Waals surface area contributed by atoms with E-state index in [1.165, 1.54) is 0 Å². The van der Waals surface area contributed by atoms with Gasteiger partial charge >= 0.3 is 0 Å². The second-order valence-corrected chi connectivity index (χ2v) is 3.36. The molecule has 1 rings (SSSR count). The van der Waals surface area contributed by atoms with Crippen molar-refractivity contribution in [2.24, 2.45) is 10.8 Å². The molecule has 0 fully saturated rings. The first kappa shape index (κ1) is 11.7. The van der Waals surface area contributed by atoms with Gasteiger partial charge in [0.15, 0.2) is 5.84 Å². The van der Waals surface area contributed by atoms with Crippen LogP contribution in [0.1, 0.15) is 31.7 Å². The number of nitrogens with zero attached hydrogens (tertiary/aromatic N) is 3. The highest BCUT2D eigenvalue weighted by Crippen LogP contribution is 2.04. The second kappa shape index (κ2) is 5.50. The van der Waals surface area contributed by atoms with Gasteiger partial charge in [-0.1, -0.05) is 6.92 Å². The Morgan fingerprint density at radius 2 is 2.33 bits per heavy atom. The molecule has 3 N–H and O–H groups in total. The van der Waals surface area contributed by atoms with Gasteiger partial charge in [-0.05, 0) is 26.3 Å². The first-order valence-electron chi connectivity index (χ1n) is 5.28.